The summed E-state index contributed by atoms with van der Waals surface area (Å²) in [4.78, 5) is 0. The van der Waals surface area contributed by atoms with Crippen LogP contribution in [-0.4, -0.2) is 5.11 Å². The highest BCUT2D eigenvalue weighted by atomic mass is 35.5. The Balaban J connectivity index is 3.15. The van der Waals surface area contributed by atoms with Crippen LogP contribution in [0.25, 0.3) is 0 Å². The van der Waals surface area contributed by atoms with E-state index in [0.717, 1.165) is 5.56 Å². The van der Waals surface area contributed by atoms with Crippen LogP contribution in [0.3, 0.4) is 0 Å². The van der Waals surface area contributed by atoms with Crippen molar-refractivity contribution >= 4 is 23.2 Å². The van der Waals surface area contributed by atoms with Gasteiger partial charge in [-0.15, -0.1) is 0 Å². The molecule has 0 bridgehead atoms. The van der Waals surface area contributed by atoms with Crippen LogP contribution in [-0.2, 0) is 0 Å². The molecule has 0 saturated heterocycles. The first-order valence-electron chi connectivity index (χ1n) is 4.37. The lowest BCUT2D eigenvalue weighted by Crippen LogP contribution is -2.17. The summed E-state index contributed by atoms with van der Waals surface area (Å²) in [6.45, 7) is 4.00. The first-order chi connectivity index (χ1) is 6.43. The van der Waals surface area contributed by atoms with E-state index in [4.69, 9.17) is 28.9 Å². The number of benzene rings is 1. The summed E-state index contributed by atoms with van der Waals surface area (Å²) in [5.41, 5.74) is 6.70. The second-order valence-electron chi connectivity index (χ2n) is 3.59. The summed E-state index contributed by atoms with van der Waals surface area (Å²) in [5.74, 6) is 0.254. The molecule has 3 N–H and O–H groups in total. The van der Waals surface area contributed by atoms with Crippen LogP contribution in [0.5, 0.6) is 5.75 Å². The summed E-state index contributed by atoms with van der Waals surface area (Å²) >= 11 is 11.7. The van der Waals surface area contributed by atoms with Crippen molar-refractivity contribution in [3.05, 3.63) is 27.7 Å². The van der Waals surface area contributed by atoms with Crippen molar-refractivity contribution in [1.29, 1.82) is 0 Å². The Morgan fingerprint density at radius 2 is 1.79 bits per heavy atom. The molecule has 0 radical (unpaired) electrons. The Bertz CT molecular complexity index is 339. The van der Waals surface area contributed by atoms with E-state index < -0.39 is 0 Å². The Morgan fingerprint density at radius 3 is 2.29 bits per heavy atom. The van der Waals surface area contributed by atoms with Crippen molar-refractivity contribution in [2.45, 2.75) is 19.9 Å². The van der Waals surface area contributed by atoms with Gasteiger partial charge in [-0.1, -0.05) is 37.0 Å². The monoisotopic (exact) mass is 233 g/mol. The molecule has 0 spiro atoms. The van der Waals surface area contributed by atoms with E-state index >= 15 is 0 Å². The van der Waals surface area contributed by atoms with E-state index in [1.807, 2.05) is 13.8 Å². The van der Waals surface area contributed by atoms with Gasteiger partial charge in [-0.25, -0.2) is 0 Å². The number of aromatic hydroxyl groups is 1. The van der Waals surface area contributed by atoms with Crippen LogP contribution >= 0.6 is 23.2 Å². The fourth-order valence-electron chi connectivity index (χ4n) is 1.17. The van der Waals surface area contributed by atoms with Crippen LogP contribution in [0, 0.1) is 5.92 Å². The van der Waals surface area contributed by atoms with Gasteiger partial charge in [0.2, 0.25) is 0 Å². The van der Waals surface area contributed by atoms with Gasteiger partial charge in [-0.3, -0.25) is 0 Å². The van der Waals surface area contributed by atoms with Crippen molar-refractivity contribution < 1.29 is 5.11 Å². The van der Waals surface area contributed by atoms with Gasteiger partial charge in [0.1, 0.15) is 5.75 Å². The Hall–Kier alpha value is -0.440. The van der Waals surface area contributed by atoms with E-state index in [9.17, 15) is 5.11 Å². The smallest absolute Gasteiger partial charge is 0.135 e. The van der Waals surface area contributed by atoms with Crippen molar-refractivity contribution in [2.75, 3.05) is 0 Å². The first kappa shape index (κ1) is 11.6. The van der Waals surface area contributed by atoms with Gasteiger partial charge in [0.05, 0.1) is 5.02 Å². The van der Waals surface area contributed by atoms with Gasteiger partial charge >= 0.3 is 0 Å². The van der Waals surface area contributed by atoms with Crippen LogP contribution in [0.4, 0.5) is 0 Å². The highest BCUT2D eigenvalue weighted by Gasteiger charge is 2.15. The first-order valence-corrected chi connectivity index (χ1v) is 5.12. The second-order valence-corrected chi connectivity index (χ2v) is 4.41. The van der Waals surface area contributed by atoms with Gasteiger partial charge < -0.3 is 10.8 Å². The Morgan fingerprint density at radius 1 is 1.21 bits per heavy atom. The molecule has 1 unspecified atom stereocenters. The molecule has 0 heterocycles. The number of nitrogens with two attached hydrogens (primary N) is 1. The summed E-state index contributed by atoms with van der Waals surface area (Å²) in [6, 6.07) is 2.87. The maximum absolute atomic E-state index is 9.29. The molecule has 4 heteroatoms. The molecule has 1 atom stereocenters. The molecule has 0 aliphatic carbocycles. The van der Waals surface area contributed by atoms with Crippen LogP contribution in [0.1, 0.15) is 25.5 Å². The van der Waals surface area contributed by atoms with E-state index in [0.29, 0.717) is 5.02 Å². The molecule has 0 aliphatic rings. The minimum absolute atomic E-state index is 0.0172. The topological polar surface area (TPSA) is 46.2 Å². The van der Waals surface area contributed by atoms with Gasteiger partial charge in [-0.2, -0.15) is 0 Å². The van der Waals surface area contributed by atoms with Crippen LogP contribution in [0.15, 0.2) is 12.1 Å². The molecule has 1 rings (SSSR count). The van der Waals surface area contributed by atoms with Crippen LogP contribution < -0.4 is 5.73 Å². The highest BCUT2D eigenvalue weighted by molar-refractivity contribution is 6.34. The second kappa shape index (κ2) is 4.39. The standard InChI is InChI=1S/C10H13Cl2NO/c1-5(2)10(13)6-3-8(12)9(14)4-7(6)11/h3-5,10,14H,13H2,1-2H3. The molecule has 0 aromatic heterocycles. The number of hydrogen-bond acceptors (Lipinski definition) is 2. The van der Waals surface area contributed by atoms with Gasteiger partial charge in [-0.05, 0) is 17.5 Å². The molecule has 14 heavy (non-hydrogen) atoms. The molecule has 1 aromatic carbocycles. The fraction of sp³-hybridized carbons (Fsp3) is 0.400. The van der Waals surface area contributed by atoms with E-state index in [-0.39, 0.29) is 22.7 Å². The molecule has 1 aromatic rings. The third-order valence-electron chi connectivity index (χ3n) is 2.14. The molecular weight excluding hydrogens is 221 g/mol. The lowest BCUT2D eigenvalue weighted by atomic mass is 9.97. The molecule has 0 aliphatic heterocycles. The molecule has 0 amide bonds. The maximum Gasteiger partial charge on any atom is 0.135 e. The van der Waals surface area contributed by atoms with E-state index in [2.05, 4.69) is 0 Å². The van der Waals surface area contributed by atoms with Crippen molar-refractivity contribution in [1.82, 2.24) is 0 Å². The number of rotatable bonds is 2. The molecule has 2 nitrogen and oxygen atoms in total. The Labute approximate surface area is 93.6 Å². The third-order valence-corrected chi connectivity index (χ3v) is 2.77. The number of hydrogen-bond donors (Lipinski definition) is 2. The molecular formula is C10H13Cl2NO. The van der Waals surface area contributed by atoms with Crippen LogP contribution in [0.2, 0.25) is 10.0 Å². The minimum atomic E-state index is -0.166. The third kappa shape index (κ3) is 2.32. The van der Waals surface area contributed by atoms with Gasteiger partial charge in [0.15, 0.2) is 0 Å². The summed E-state index contributed by atoms with van der Waals surface area (Å²) < 4.78 is 0. The Kier molecular flexibility index (Phi) is 3.65. The normalized spacial score (nSPS) is 13.3. The average molecular weight is 234 g/mol. The predicted molar refractivity (Wildman–Crippen MR) is 59.9 cm³/mol. The fourth-order valence-corrected chi connectivity index (χ4v) is 1.62. The summed E-state index contributed by atoms with van der Waals surface area (Å²) in [7, 11) is 0. The SMILES string of the molecule is CC(C)C(N)c1cc(Cl)c(O)cc1Cl. The summed E-state index contributed by atoms with van der Waals surface area (Å²) in [6.07, 6.45) is 0. The minimum Gasteiger partial charge on any atom is -0.506 e. The highest BCUT2D eigenvalue weighted by Crippen LogP contribution is 2.34. The van der Waals surface area contributed by atoms with Crippen molar-refractivity contribution in [3.63, 3.8) is 0 Å². The van der Waals surface area contributed by atoms with Gasteiger partial charge in [0, 0.05) is 17.1 Å². The summed E-state index contributed by atoms with van der Waals surface area (Å²) in [5, 5.41) is 10.0. The van der Waals surface area contributed by atoms with E-state index in [1.54, 1.807) is 6.07 Å². The zero-order valence-electron chi connectivity index (χ0n) is 8.09. The average Bonchev–Trinajstić information content (AvgIpc) is 2.10. The zero-order valence-corrected chi connectivity index (χ0v) is 9.60. The van der Waals surface area contributed by atoms with Crippen molar-refractivity contribution in [2.24, 2.45) is 11.7 Å². The van der Waals surface area contributed by atoms with E-state index in [1.165, 1.54) is 6.07 Å². The van der Waals surface area contributed by atoms with Gasteiger partial charge in [0.25, 0.3) is 0 Å². The number of phenolic OH excluding ortho intramolecular Hbond substituents is 1. The quantitative estimate of drug-likeness (QED) is 0.824. The largest absolute Gasteiger partial charge is 0.506 e. The maximum atomic E-state index is 9.29. The number of halogens is 2. The molecule has 0 saturated carbocycles. The predicted octanol–water partition coefficient (Wildman–Crippen LogP) is 3.35. The number of phenols is 1. The van der Waals surface area contributed by atoms with Crippen molar-refractivity contribution in [3.8, 4) is 5.75 Å². The lowest BCUT2D eigenvalue weighted by molar-refractivity contribution is 0.473. The zero-order chi connectivity index (χ0) is 10.9. The lowest BCUT2D eigenvalue weighted by Gasteiger charge is -2.18. The molecule has 0 fully saturated rings. The molecule has 78 valence electrons.